The van der Waals surface area contributed by atoms with Crippen LogP contribution < -0.4 is 5.32 Å². The van der Waals surface area contributed by atoms with Crippen molar-refractivity contribution in [3.63, 3.8) is 0 Å². The van der Waals surface area contributed by atoms with Crippen LogP contribution in [0, 0.1) is 18.8 Å². The molecule has 1 aromatic carbocycles. The van der Waals surface area contributed by atoms with Crippen molar-refractivity contribution in [3.8, 4) is 0 Å². The number of aryl methyl sites for hydroxylation is 2. The second-order valence-corrected chi connectivity index (χ2v) is 9.63. The molecule has 0 spiro atoms. The Morgan fingerprint density at radius 3 is 2.37 bits per heavy atom. The van der Waals surface area contributed by atoms with Crippen molar-refractivity contribution in [2.24, 2.45) is 11.8 Å². The van der Waals surface area contributed by atoms with Crippen LogP contribution >= 0.6 is 0 Å². The first kappa shape index (κ1) is 22.3. The number of carbonyl (C=O) groups is 3. The molecule has 0 aromatic heterocycles. The summed E-state index contributed by atoms with van der Waals surface area (Å²) in [6.07, 6.45) is 2.49. The Kier molecular flexibility index (Phi) is 6.53. The Morgan fingerprint density at radius 1 is 1.13 bits per heavy atom. The molecule has 0 bridgehead atoms. The Labute approximate surface area is 180 Å². The Bertz CT molecular complexity index is 819. The van der Waals surface area contributed by atoms with E-state index in [-0.39, 0.29) is 35.1 Å². The number of anilines is 1. The van der Waals surface area contributed by atoms with Gasteiger partial charge < -0.3 is 15.1 Å². The SMILES string of the molecule is CCc1cccc(C)c1NC(=O)C1CCN(C(=O)C2CC(=O)N(C(C)(C)C)C2)CC1. The molecule has 1 atom stereocenters. The molecule has 2 aliphatic rings. The zero-order valence-electron chi connectivity index (χ0n) is 19.0. The van der Waals surface area contributed by atoms with Gasteiger partial charge in [-0.3, -0.25) is 14.4 Å². The lowest BCUT2D eigenvalue weighted by Crippen LogP contribution is -2.46. The van der Waals surface area contributed by atoms with Crippen LogP contribution in [0.5, 0.6) is 0 Å². The van der Waals surface area contributed by atoms with E-state index < -0.39 is 0 Å². The highest BCUT2D eigenvalue weighted by Gasteiger charge is 2.41. The predicted octanol–water partition coefficient (Wildman–Crippen LogP) is 3.38. The molecule has 1 aromatic rings. The number of para-hydroxylation sites is 1. The minimum absolute atomic E-state index is 0.0426. The van der Waals surface area contributed by atoms with Gasteiger partial charge in [-0.25, -0.2) is 0 Å². The van der Waals surface area contributed by atoms with Crippen molar-refractivity contribution in [3.05, 3.63) is 29.3 Å². The van der Waals surface area contributed by atoms with Gasteiger partial charge in [-0.05, 0) is 58.1 Å². The first-order chi connectivity index (χ1) is 14.1. The van der Waals surface area contributed by atoms with Crippen molar-refractivity contribution < 1.29 is 14.4 Å². The molecule has 2 fully saturated rings. The Morgan fingerprint density at radius 2 is 1.80 bits per heavy atom. The van der Waals surface area contributed by atoms with Gasteiger partial charge in [-0.15, -0.1) is 0 Å². The smallest absolute Gasteiger partial charge is 0.227 e. The number of carbonyl (C=O) groups excluding carboxylic acids is 3. The Balaban J connectivity index is 1.56. The van der Waals surface area contributed by atoms with Crippen molar-refractivity contribution in [1.29, 1.82) is 0 Å². The summed E-state index contributed by atoms with van der Waals surface area (Å²) in [6.45, 7) is 11.7. The van der Waals surface area contributed by atoms with Crippen LogP contribution in [-0.2, 0) is 20.8 Å². The molecule has 3 amide bonds. The molecular formula is C24H35N3O3. The monoisotopic (exact) mass is 413 g/mol. The van der Waals surface area contributed by atoms with E-state index in [2.05, 4.69) is 12.2 Å². The van der Waals surface area contributed by atoms with Crippen LogP contribution in [0.25, 0.3) is 0 Å². The molecule has 6 nitrogen and oxygen atoms in total. The van der Waals surface area contributed by atoms with Gasteiger partial charge in [-0.1, -0.05) is 25.1 Å². The van der Waals surface area contributed by atoms with E-state index in [1.807, 2.05) is 55.7 Å². The molecule has 0 aliphatic carbocycles. The average Bonchev–Trinajstić information content (AvgIpc) is 3.11. The maximum Gasteiger partial charge on any atom is 0.227 e. The summed E-state index contributed by atoms with van der Waals surface area (Å²) in [4.78, 5) is 41.8. The summed E-state index contributed by atoms with van der Waals surface area (Å²) in [6, 6.07) is 6.08. The zero-order valence-corrected chi connectivity index (χ0v) is 19.0. The van der Waals surface area contributed by atoms with Gasteiger partial charge >= 0.3 is 0 Å². The third-order valence-corrected chi connectivity index (χ3v) is 6.45. The normalized spacial score (nSPS) is 20.6. The number of amides is 3. The number of likely N-dealkylation sites (tertiary alicyclic amines) is 2. The van der Waals surface area contributed by atoms with Crippen LogP contribution in [0.2, 0.25) is 0 Å². The summed E-state index contributed by atoms with van der Waals surface area (Å²) in [7, 11) is 0. The van der Waals surface area contributed by atoms with Crippen LogP contribution in [0.4, 0.5) is 5.69 Å². The average molecular weight is 414 g/mol. The van der Waals surface area contributed by atoms with Crippen LogP contribution in [0.1, 0.15) is 58.1 Å². The van der Waals surface area contributed by atoms with Gasteiger partial charge in [0.2, 0.25) is 17.7 Å². The van der Waals surface area contributed by atoms with E-state index in [1.165, 1.54) is 0 Å². The number of nitrogens with zero attached hydrogens (tertiary/aromatic N) is 2. The fourth-order valence-electron chi connectivity index (χ4n) is 4.57. The topological polar surface area (TPSA) is 69.7 Å². The molecule has 2 heterocycles. The zero-order chi connectivity index (χ0) is 22.1. The summed E-state index contributed by atoms with van der Waals surface area (Å²) in [5, 5.41) is 3.13. The fraction of sp³-hybridized carbons (Fsp3) is 0.625. The third kappa shape index (κ3) is 4.68. The summed E-state index contributed by atoms with van der Waals surface area (Å²) in [5.41, 5.74) is 2.88. The molecule has 6 heteroatoms. The summed E-state index contributed by atoms with van der Waals surface area (Å²) < 4.78 is 0. The number of nitrogens with one attached hydrogen (secondary N) is 1. The van der Waals surface area contributed by atoms with Crippen molar-refractivity contribution in [2.45, 2.75) is 65.8 Å². The van der Waals surface area contributed by atoms with E-state index in [4.69, 9.17) is 0 Å². The van der Waals surface area contributed by atoms with Gasteiger partial charge in [-0.2, -0.15) is 0 Å². The van der Waals surface area contributed by atoms with Crippen molar-refractivity contribution in [2.75, 3.05) is 25.0 Å². The van der Waals surface area contributed by atoms with Crippen molar-refractivity contribution >= 4 is 23.4 Å². The minimum Gasteiger partial charge on any atom is -0.342 e. The molecule has 164 valence electrons. The second-order valence-electron chi connectivity index (χ2n) is 9.63. The van der Waals surface area contributed by atoms with Crippen LogP contribution in [-0.4, -0.2) is 52.7 Å². The molecule has 0 radical (unpaired) electrons. The molecule has 2 aliphatic heterocycles. The summed E-state index contributed by atoms with van der Waals surface area (Å²) >= 11 is 0. The highest BCUT2D eigenvalue weighted by molar-refractivity contribution is 5.94. The lowest BCUT2D eigenvalue weighted by molar-refractivity contribution is -0.138. The van der Waals surface area contributed by atoms with Gasteiger partial charge in [0.15, 0.2) is 0 Å². The molecule has 1 unspecified atom stereocenters. The lowest BCUT2D eigenvalue weighted by Gasteiger charge is -2.34. The first-order valence-electron chi connectivity index (χ1n) is 11.1. The molecule has 2 saturated heterocycles. The second kappa shape index (κ2) is 8.78. The number of hydrogen-bond acceptors (Lipinski definition) is 3. The minimum atomic E-state index is -0.263. The summed E-state index contributed by atoms with van der Waals surface area (Å²) in [5.74, 6) is -0.196. The van der Waals surface area contributed by atoms with Gasteiger partial charge in [0.1, 0.15) is 0 Å². The number of benzene rings is 1. The van der Waals surface area contributed by atoms with E-state index in [0.29, 0.717) is 38.9 Å². The number of rotatable bonds is 4. The lowest BCUT2D eigenvalue weighted by atomic mass is 9.94. The highest BCUT2D eigenvalue weighted by atomic mass is 16.2. The molecular weight excluding hydrogens is 378 g/mol. The van der Waals surface area contributed by atoms with E-state index >= 15 is 0 Å². The quantitative estimate of drug-likeness (QED) is 0.823. The van der Waals surface area contributed by atoms with Gasteiger partial charge in [0.05, 0.1) is 5.92 Å². The fourth-order valence-corrected chi connectivity index (χ4v) is 4.57. The standard InChI is InChI=1S/C24H35N3O3/c1-6-17-9-7-8-16(2)21(17)25-22(29)18-10-12-26(13-11-18)23(30)19-14-20(28)27(15-19)24(3,4)5/h7-9,18-19H,6,10-15H2,1-5H3,(H,25,29). The molecule has 30 heavy (non-hydrogen) atoms. The third-order valence-electron chi connectivity index (χ3n) is 6.45. The maximum absolute atomic E-state index is 13.0. The van der Waals surface area contributed by atoms with E-state index in [1.54, 1.807) is 0 Å². The Hall–Kier alpha value is -2.37. The van der Waals surface area contributed by atoms with Gasteiger partial charge in [0, 0.05) is 43.2 Å². The van der Waals surface area contributed by atoms with Crippen molar-refractivity contribution in [1.82, 2.24) is 9.80 Å². The first-order valence-corrected chi connectivity index (χ1v) is 11.1. The van der Waals surface area contributed by atoms with Crippen LogP contribution in [0.3, 0.4) is 0 Å². The van der Waals surface area contributed by atoms with E-state index in [9.17, 15) is 14.4 Å². The molecule has 3 rings (SSSR count). The maximum atomic E-state index is 13.0. The largest absolute Gasteiger partial charge is 0.342 e. The number of piperidine rings is 1. The highest BCUT2D eigenvalue weighted by Crippen LogP contribution is 2.29. The van der Waals surface area contributed by atoms with Crippen LogP contribution in [0.15, 0.2) is 18.2 Å². The van der Waals surface area contributed by atoms with Gasteiger partial charge in [0.25, 0.3) is 0 Å². The molecule has 1 N–H and O–H groups in total. The predicted molar refractivity (Wildman–Crippen MR) is 118 cm³/mol. The molecule has 0 saturated carbocycles. The number of hydrogen-bond donors (Lipinski definition) is 1. The van der Waals surface area contributed by atoms with E-state index in [0.717, 1.165) is 23.2 Å².